The van der Waals surface area contributed by atoms with E-state index in [4.69, 9.17) is 0 Å². The standard InChI is InChI=1S/C25H23FN8O/c1-14(17-5-4-6-18-19(25(35)27-3)7-8-28-23(17)18)10-29-21-9-20(31-13-32-21)16-11-30-24-22(26)15(2)33-34(24)12-16/h4-9,11-14H,10H2,1-3H3,(H,27,35)(H,29,31,32)/t14-/m0/s1. The SMILES string of the molecule is CNC(=O)c1ccnc2c([C@@H](C)CNc3cc(-c4cnc5c(F)c(C)nn5c4)ncn3)cccc12. The Balaban J connectivity index is 1.38. The fourth-order valence-corrected chi connectivity index (χ4v) is 4.06. The first-order valence-electron chi connectivity index (χ1n) is 11.1. The molecule has 0 aliphatic rings. The molecule has 35 heavy (non-hydrogen) atoms. The molecule has 0 bridgehead atoms. The third-order valence-corrected chi connectivity index (χ3v) is 5.93. The summed E-state index contributed by atoms with van der Waals surface area (Å²) in [5.41, 5.74) is 4.22. The Hall–Kier alpha value is -4.47. The molecule has 5 rings (SSSR count). The molecule has 4 heterocycles. The van der Waals surface area contributed by atoms with E-state index in [0.717, 1.165) is 16.5 Å². The molecular formula is C25H23FN8O. The highest BCUT2D eigenvalue weighted by molar-refractivity contribution is 6.06. The van der Waals surface area contributed by atoms with Gasteiger partial charge in [-0.25, -0.2) is 23.9 Å². The van der Waals surface area contributed by atoms with Crippen LogP contribution >= 0.6 is 0 Å². The molecule has 1 aromatic carbocycles. The molecule has 0 aliphatic heterocycles. The van der Waals surface area contributed by atoms with Crippen molar-refractivity contribution in [3.63, 3.8) is 0 Å². The molecule has 4 aromatic heterocycles. The van der Waals surface area contributed by atoms with E-state index in [0.29, 0.717) is 34.9 Å². The molecule has 0 saturated heterocycles. The predicted octanol–water partition coefficient (Wildman–Crippen LogP) is 3.76. The Morgan fingerprint density at radius 2 is 2.03 bits per heavy atom. The van der Waals surface area contributed by atoms with Gasteiger partial charge in [-0.15, -0.1) is 0 Å². The number of benzene rings is 1. The lowest BCUT2D eigenvalue weighted by molar-refractivity contribution is 0.0964. The molecule has 0 spiro atoms. The Morgan fingerprint density at radius 1 is 1.17 bits per heavy atom. The minimum absolute atomic E-state index is 0.0811. The van der Waals surface area contributed by atoms with Crippen LogP contribution < -0.4 is 10.6 Å². The number of carbonyl (C=O) groups excluding carboxylic acids is 1. The Labute approximate surface area is 200 Å². The number of nitrogens with zero attached hydrogens (tertiary/aromatic N) is 6. The van der Waals surface area contributed by atoms with Gasteiger partial charge in [-0.3, -0.25) is 9.78 Å². The first-order valence-corrected chi connectivity index (χ1v) is 11.1. The minimum Gasteiger partial charge on any atom is -0.369 e. The summed E-state index contributed by atoms with van der Waals surface area (Å²) >= 11 is 0. The van der Waals surface area contributed by atoms with Crippen molar-refractivity contribution in [3.8, 4) is 11.3 Å². The summed E-state index contributed by atoms with van der Waals surface area (Å²) in [5.74, 6) is 0.150. The van der Waals surface area contributed by atoms with Gasteiger partial charge in [-0.05, 0) is 18.6 Å². The monoisotopic (exact) mass is 470 g/mol. The lowest BCUT2D eigenvalue weighted by atomic mass is 9.96. The first kappa shape index (κ1) is 22.3. The summed E-state index contributed by atoms with van der Waals surface area (Å²) in [6.07, 6.45) is 6.39. The Morgan fingerprint density at radius 3 is 2.86 bits per heavy atom. The maximum atomic E-state index is 14.0. The van der Waals surface area contributed by atoms with Gasteiger partial charge in [-0.2, -0.15) is 5.10 Å². The topological polar surface area (TPSA) is 110 Å². The zero-order valence-electron chi connectivity index (χ0n) is 19.5. The number of pyridine rings is 1. The highest BCUT2D eigenvalue weighted by atomic mass is 19.1. The molecule has 0 radical (unpaired) electrons. The van der Waals surface area contributed by atoms with Crippen molar-refractivity contribution in [2.45, 2.75) is 19.8 Å². The minimum atomic E-state index is -0.430. The van der Waals surface area contributed by atoms with Crippen LogP contribution in [0.3, 0.4) is 0 Å². The van der Waals surface area contributed by atoms with Crippen molar-refractivity contribution < 1.29 is 9.18 Å². The fourth-order valence-electron chi connectivity index (χ4n) is 4.06. The molecule has 5 aromatic rings. The van der Waals surface area contributed by atoms with Crippen LogP contribution in [0.5, 0.6) is 0 Å². The quantitative estimate of drug-likeness (QED) is 0.389. The highest BCUT2D eigenvalue weighted by Gasteiger charge is 2.16. The fraction of sp³-hybridized carbons (Fsp3) is 0.200. The number of fused-ring (bicyclic) bond motifs is 2. The number of aryl methyl sites for hydroxylation is 1. The molecule has 1 amide bonds. The van der Waals surface area contributed by atoms with Crippen LogP contribution in [0, 0.1) is 12.7 Å². The zero-order chi connectivity index (χ0) is 24.5. The van der Waals surface area contributed by atoms with Gasteiger partial charge in [0.25, 0.3) is 5.91 Å². The van der Waals surface area contributed by atoms with E-state index in [9.17, 15) is 9.18 Å². The van der Waals surface area contributed by atoms with Crippen LogP contribution in [0.2, 0.25) is 0 Å². The maximum Gasteiger partial charge on any atom is 0.251 e. The summed E-state index contributed by atoms with van der Waals surface area (Å²) < 4.78 is 15.5. The second-order valence-corrected chi connectivity index (χ2v) is 8.26. The van der Waals surface area contributed by atoms with Crippen molar-refractivity contribution in [2.24, 2.45) is 0 Å². The van der Waals surface area contributed by atoms with Crippen molar-refractivity contribution in [2.75, 3.05) is 18.9 Å². The zero-order valence-corrected chi connectivity index (χ0v) is 19.5. The number of amides is 1. The number of carbonyl (C=O) groups is 1. The summed E-state index contributed by atoms with van der Waals surface area (Å²) in [7, 11) is 1.61. The lowest BCUT2D eigenvalue weighted by Crippen LogP contribution is -2.18. The van der Waals surface area contributed by atoms with Gasteiger partial charge in [0.1, 0.15) is 12.1 Å². The van der Waals surface area contributed by atoms with Gasteiger partial charge >= 0.3 is 0 Å². The van der Waals surface area contributed by atoms with Gasteiger partial charge in [0, 0.05) is 55.1 Å². The van der Waals surface area contributed by atoms with Gasteiger partial charge in [0.2, 0.25) is 0 Å². The van der Waals surface area contributed by atoms with Crippen LogP contribution in [-0.2, 0) is 0 Å². The van der Waals surface area contributed by atoms with E-state index in [1.807, 2.05) is 24.3 Å². The molecule has 0 unspecified atom stereocenters. The largest absolute Gasteiger partial charge is 0.369 e. The normalized spacial score (nSPS) is 12.1. The van der Waals surface area contributed by atoms with Gasteiger partial charge in [0.05, 0.1) is 22.5 Å². The molecule has 2 N–H and O–H groups in total. The average Bonchev–Trinajstić information content (AvgIpc) is 3.18. The third-order valence-electron chi connectivity index (χ3n) is 5.93. The van der Waals surface area contributed by atoms with Crippen molar-refractivity contribution in [1.29, 1.82) is 0 Å². The molecule has 0 aliphatic carbocycles. The number of anilines is 1. The summed E-state index contributed by atoms with van der Waals surface area (Å²) in [6.45, 7) is 4.27. The number of rotatable bonds is 6. The Bertz CT molecular complexity index is 1560. The van der Waals surface area contributed by atoms with E-state index in [1.165, 1.54) is 10.8 Å². The third kappa shape index (κ3) is 4.14. The molecule has 0 saturated carbocycles. The number of hydrogen-bond donors (Lipinski definition) is 2. The number of para-hydroxylation sites is 1. The summed E-state index contributed by atoms with van der Waals surface area (Å²) in [4.78, 5) is 29.7. The molecule has 0 fully saturated rings. The van der Waals surface area contributed by atoms with E-state index in [2.05, 4.69) is 42.6 Å². The smallest absolute Gasteiger partial charge is 0.251 e. The molecule has 1 atom stereocenters. The molecule has 176 valence electrons. The van der Waals surface area contributed by atoms with Crippen LogP contribution in [0.25, 0.3) is 27.8 Å². The predicted molar refractivity (Wildman–Crippen MR) is 131 cm³/mol. The first-order chi connectivity index (χ1) is 17.0. The number of hydrogen-bond acceptors (Lipinski definition) is 7. The van der Waals surface area contributed by atoms with Crippen molar-refractivity contribution in [1.82, 2.24) is 34.9 Å². The van der Waals surface area contributed by atoms with Crippen LogP contribution in [0.4, 0.5) is 10.2 Å². The molecular weight excluding hydrogens is 447 g/mol. The van der Waals surface area contributed by atoms with Gasteiger partial charge < -0.3 is 10.6 Å². The van der Waals surface area contributed by atoms with Crippen molar-refractivity contribution >= 4 is 28.3 Å². The van der Waals surface area contributed by atoms with E-state index in [-0.39, 0.29) is 17.5 Å². The van der Waals surface area contributed by atoms with Crippen LogP contribution in [0.15, 0.2) is 55.2 Å². The average molecular weight is 471 g/mol. The van der Waals surface area contributed by atoms with Gasteiger partial charge in [-0.1, -0.05) is 25.1 Å². The number of halogens is 1. The van der Waals surface area contributed by atoms with Crippen molar-refractivity contribution in [3.05, 3.63) is 77.9 Å². The van der Waals surface area contributed by atoms with E-state index >= 15 is 0 Å². The highest BCUT2D eigenvalue weighted by Crippen LogP contribution is 2.27. The van der Waals surface area contributed by atoms with E-state index < -0.39 is 5.82 Å². The van der Waals surface area contributed by atoms with Crippen LogP contribution in [0.1, 0.15) is 34.5 Å². The molecule has 10 heteroatoms. The van der Waals surface area contributed by atoms with Crippen LogP contribution in [-0.4, -0.2) is 49.0 Å². The number of aromatic nitrogens is 6. The van der Waals surface area contributed by atoms with E-state index in [1.54, 1.807) is 38.6 Å². The summed E-state index contributed by atoms with van der Waals surface area (Å²) in [5, 5.41) is 11.0. The maximum absolute atomic E-state index is 14.0. The van der Waals surface area contributed by atoms with Gasteiger partial charge in [0.15, 0.2) is 11.5 Å². The second kappa shape index (κ2) is 9.05. The summed E-state index contributed by atoms with van der Waals surface area (Å²) in [6, 6.07) is 9.40. The number of nitrogens with one attached hydrogen (secondary N) is 2. The molecule has 9 nitrogen and oxygen atoms in total. The second-order valence-electron chi connectivity index (χ2n) is 8.26. The Kier molecular flexibility index (Phi) is 5.77. The lowest BCUT2D eigenvalue weighted by Gasteiger charge is -2.16.